The monoisotopic (exact) mass is 961 g/mol. The van der Waals surface area contributed by atoms with Gasteiger partial charge in [-0.1, -0.05) is 177 Å². The van der Waals surface area contributed by atoms with E-state index in [2.05, 4.69) is 81.6 Å². The largest absolute Gasteiger partial charge is 0.490 e. The number of rotatable bonds is 38. The fraction of sp³-hybridized carbons (Fsp3) is 0.552. The van der Waals surface area contributed by atoms with E-state index in [1.807, 2.05) is 0 Å². The van der Waals surface area contributed by atoms with E-state index in [0.29, 0.717) is 62.8 Å². The molecule has 0 N–H and O–H groups in total. The van der Waals surface area contributed by atoms with Gasteiger partial charge >= 0.3 is 11.9 Å². The number of hydrogen-bond acceptors (Lipinski definition) is 12. The number of benzene rings is 2. The average Bonchev–Trinajstić information content (AvgIpc) is 3.40. The summed E-state index contributed by atoms with van der Waals surface area (Å²) in [6.07, 6.45) is 37.1. The molecule has 0 spiro atoms. The molecule has 0 amide bonds. The molecule has 0 saturated heterocycles. The SMILES string of the molecule is C=CC(=O)OCCCCCCCCCCCCOc1cnc(-c2ccc(CO[C@@H]3CCCC[C@H]3OCc3ccc(-c4ncc(OCCCCCCCCCCCCOC(=O)C=C)cn4)cc3)cc2)nc1. The van der Waals surface area contributed by atoms with Gasteiger partial charge in [-0.15, -0.1) is 0 Å². The Morgan fingerprint density at radius 3 is 1.06 bits per heavy atom. The lowest BCUT2D eigenvalue weighted by molar-refractivity contribution is -0.138. The molecule has 4 aromatic rings. The van der Waals surface area contributed by atoms with Crippen molar-refractivity contribution in [3.63, 3.8) is 0 Å². The molecule has 0 bridgehead atoms. The summed E-state index contributed by atoms with van der Waals surface area (Å²) in [5, 5.41) is 0. The molecule has 70 heavy (non-hydrogen) atoms. The summed E-state index contributed by atoms with van der Waals surface area (Å²) in [5.41, 5.74) is 4.13. The molecule has 2 heterocycles. The number of nitrogens with zero attached hydrogens (tertiary/aromatic N) is 4. The van der Waals surface area contributed by atoms with Crippen molar-refractivity contribution in [2.24, 2.45) is 0 Å². The van der Waals surface area contributed by atoms with Crippen molar-refractivity contribution >= 4 is 11.9 Å². The van der Waals surface area contributed by atoms with E-state index in [1.54, 1.807) is 24.8 Å². The highest BCUT2D eigenvalue weighted by Crippen LogP contribution is 2.27. The highest BCUT2D eigenvalue weighted by atomic mass is 16.5. The predicted octanol–water partition coefficient (Wildman–Crippen LogP) is 13.7. The van der Waals surface area contributed by atoms with Crippen LogP contribution in [-0.2, 0) is 41.8 Å². The van der Waals surface area contributed by atoms with Crippen LogP contribution in [-0.4, -0.2) is 70.5 Å². The summed E-state index contributed by atoms with van der Waals surface area (Å²) in [5.74, 6) is 2.07. The summed E-state index contributed by atoms with van der Waals surface area (Å²) in [7, 11) is 0. The van der Waals surface area contributed by atoms with Gasteiger partial charge in [-0.25, -0.2) is 29.5 Å². The summed E-state index contributed by atoms with van der Waals surface area (Å²) >= 11 is 0. The second-order valence-electron chi connectivity index (χ2n) is 18.4. The van der Waals surface area contributed by atoms with E-state index in [-0.39, 0.29) is 24.1 Å². The molecule has 12 heteroatoms. The Balaban J connectivity index is 0.889. The van der Waals surface area contributed by atoms with E-state index < -0.39 is 0 Å². The normalized spacial score (nSPS) is 14.5. The third-order valence-corrected chi connectivity index (χ3v) is 12.7. The summed E-state index contributed by atoms with van der Waals surface area (Å²) in [6.45, 7) is 10.2. The zero-order chi connectivity index (χ0) is 49.1. The molecule has 0 aliphatic heterocycles. The highest BCUT2D eigenvalue weighted by molar-refractivity contribution is 5.81. The Kier molecular flexibility index (Phi) is 27.6. The van der Waals surface area contributed by atoms with Gasteiger partial charge in [0, 0.05) is 23.3 Å². The van der Waals surface area contributed by atoms with Gasteiger partial charge in [0.1, 0.15) is 0 Å². The lowest BCUT2D eigenvalue weighted by Gasteiger charge is -2.31. The first-order valence-corrected chi connectivity index (χ1v) is 26.4. The second kappa shape index (κ2) is 34.8. The van der Waals surface area contributed by atoms with Crippen molar-refractivity contribution in [3.05, 3.63) is 110 Å². The minimum atomic E-state index is -0.334. The van der Waals surface area contributed by atoms with Crippen LogP contribution < -0.4 is 9.47 Å². The van der Waals surface area contributed by atoms with Gasteiger partial charge in [0.15, 0.2) is 23.1 Å². The van der Waals surface area contributed by atoms with Crippen molar-refractivity contribution in [1.82, 2.24) is 19.9 Å². The predicted molar refractivity (Wildman–Crippen MR) is 276 cm³/mol. The van der Waals surface area contributed by atoms with Gasteiger partial charge in [0.25, 0.3) is 0 Å². The van der Waals surface area contributed by atoms with E-state index in [9.17, 15) is 9.59 Å². The van der Waals surface area contributed by atoms with E-state index in [0.717, 1.165) is 99.3 Å². The maximum atomic E-state index is 11.1. The van der Waals surface area contributed by atoms with Gasteiger partial charge in [-0.05, 0) is 49.7 Å². The quantitative estimate of drug-likeness (QED) is 0.0240. The molecular weight excluding hydrogens is 881 g/mol. The molecule has 12 nitrogen and oxygen atoms in total. The topological polar surface area (TPSA) is 141 Å². The Hall–Kier alpha value is -5.46. The Bertz CT molecular complexity index is 1880. The minimum Gasteiger partial charge on any atom is -0.490 e. The molecule has 2 aromatic heterocycles. The molecule has 2 atom stereocenters. The molecule has 2 aromatic carbocycles. The number of carbonyl (C=O) groups is 2. The van der Waals surface area contributed by atoms with Crippen LogP contribution in [0.5, 0.6) is 11.5 Å². The first-order valence-electron chi connectivity index (χ1n) is 26.4. The van der Waals surface area contributed by atoms with Gasteiger partial charge in [-0.3, -0.25) is 0 Å². The smallest absolute Gasteiger partial charge is 0.330 e. The van der Waals surface area contributed by atoms with Gasteiger partial charge in [0.05, 0.1) is 76.6 Å². The summed E-state index contributed by atoms with van der Waals surface area (Å²) in [6, 6.07) is 16.6. The number of carbonyl (C=O) groups excluding carboxylic acids is 2. The fourth-order valence-electron chi connectivity index (χ4n) is 8.51. The van der Waals surface area contributed by atoms with Gasteiger partial charge < -0.3 is 28.4 Å². The number of ether oxygens (including phenoxy) is 6. The molecular formula is C58H80N4O8. The average molecular weight is 961 g/mol. The standard InChI is InChI=1S/C58H80N4O8/c1-3-55(63)67-39-25-19-15-11-7-5-9-13-17-23-37-65-51-41-59-57(60-42-51)49-33-29-47(30-34-49)45-69-53-27-21-22-28-54(53)70-46-48-31-35-50(36-32-48)58-61-43-52(44-62-58)66-38-24-18-14-10-6-8-12-16-20-26-40-68-56(64)4-2/h3-4,29-36,41-44,53-54H,1-2,5-28,37-40,45-46H2/t53-,54-/m1/s1. The van der Waals surface area contributed by atoms with E-state index in [4.69, 9.17) is 28.4 Å². The third kappa shape index (κ3) is 23.0. The molecule has 0 radical (unpaired) electrons. The first-order chi connectivity index (χ1) is 34.5. The minimum absolute atomic E-state index is 0.0502. The highest BCUT2D eigenvalue weighted by Gasteiger charge is 2.27. The van der Waals surface area contributed by atoms with Crippen LogP contribution >= 0.6 is 0 Å². The Labute approximate surface area is 418 Å². The van der Waals surface area contributed by atoms with Crippen molar-refractivity contribution in [1.29, 1.82) is 0 Å². The van der Waals surface area contributed by atoms with Crippen molar-refractivity contribution in [2.75, 3.05) is 26.4 Å². The molecule has 1 saturated carbocycles. The van der Waals surface area contributed by atoms with Crippen LogP contribution in [0, 0.1) is 0 Å². The van der Waals surface area contributed by atoms with E-state index >= 15 is 0 Å². The van der Waals surface area contributed by atoms with E-state index in [1.165, 1.54) is 89.2 Å². The van der Waals surface area contributed by atoms with Crippen LogP contribution in [0.15, 0.2) is 98.6 Å². The summed E-state index contributed by atoms with van der Waals surface area (Å²) in [4.78, 5) is 40.4. The maximum Gasteiger partial charge on any atom is 0.330 e. The van der Waals surface area contributed by atoms with Gasteiger partial charge in [-0.2, -0.15) is 0 Å². The second-order valence-corrected chi connectivity index (χ2v) is 18.4. The summed E-state index contributed by atoms with van der Waals surface area (Å²) < 4.78 is 34.8. The molecule has 1 aliphatic rings. The van der Waals surface area contributed by atoms with Crippen LogP contribution in [0.3, 0.4) is 0 Å². The van der Waals surface area contributed by atoms with Crippen LogP contribution in [0.2, 0.25) is 0 Å². The Morgan fingerprint density at radius 1 is 0.443 bits per heavy atom. The zero-order valence-electron chi connectivity index (χ0n) is 41.9. The first kappa shape index (κ1) is 55.5. The molecule has 0 unspecified atom stereocenters. The van der Waals surface area contributed by atoms with Crippen molar-refractivity contribution < 1.29 is 38.0 Å². The molecule has 1 aliphatic carbocycles. The molecule has 5 rings (SSSR count). The van der Waals surface area contributed by atoms with Crippen LogP contribution in [0.25, 0.3) is 22.8 Å². The van der Waals surface area contributed by atoms with Gasteiger partial charge in [0.2, 0.25) is 0 Å². The lowest BCUT2D eigenvalue weighted by atomic mass is 9.94. The molecule has 380 valence electrons. The number of hydrogen-bond donors (Lipinski definition) is 0. The van der Waals surface area contributed by atoms with Crippen LogP contribution in [0.1, 0.15) is 165 Å². The van der Waals surface area contributed by atoms with Crippen molar-refractivity contribution in [2.45, 2.75) is 180 Å². The maximum absolute atomic E-state index is 11.1. The van der Waals surface area contributed by atoms with Crippen molar-refractivity contribution in [3.8, 4) is 34.3 Å². The van der Waals surface area contributed by atoms with Crippen LogP contribution in [0.4, 0.5) is 0 Å². The lowest BCUT2D eigenvalue weighted by Crippen LogP contribution is -2.34. The number of aromatic nitrogens is 4. The fourth-order valence-corrected chi connectivity index (χ4v) is 8.51. The molecule has 1 fully saturated rings. The zero-order valence-corrected chi connectivity index (χ0v) is 41.9. The number of esters is 2. The Morgan fingerprint density at radius 2 is 0.743 bits per heavy atom. The number of unbranched alkanes of at least 4 members (excludes halogenated alkanes) is 18. The third-order valence-electron chi connectivity index (χ3n) is 12.7.